The number of halogens is 1. The molecule has 0 fully saturated rings. The third kappa shape index (κ3) is 6.16. The molecule has 0 saturated carbocycles. The quantitative estimate of drug-likeness (QED) is 0.431. The first-order valence-corrected chi connectivity index (χ1v) is 7.06. The van der Waals surface area contributed by atoms with Gasteiger partial charge in [0, 0.05) is 4.90 Å². The van der Waals surface area contributed by atoms with Crippen LogP contribution in [0.3, 0.4) is 0 Å². The minimum absolute atomic E-state index is 0.684. The maximum absolute atomic E-state index is 13.6. The normalized spacial score (nSPS) is 12.6. The van der Waals surface area contributed by atoms with Gasteiger partial charge in [0.1, 0.15) is 5.50 Å². The van der Waals surface area contributed by atoms with Crippen LogP contribution in [0.1, 0.15) is 45.4 Å². The molecular formula is C14H21FS. The first-order valence-electron chi connectivity index (χ1n) is 6.18. The Labute approximate surface area is 103 Å². The van der Waals surface area contributed by atoms with Crippen molar-refractivity contribution >= 4 is 11.8 Å². The molecule has 0 saturated heterocycles. The van der Waals surface area contributed by atoms with Gasteiger partial charge < -0.3 is 0 Å². The number of benzene rings is 1. The van der Waals surface area contributed by atoms with Crippen LogP contribution in [0.2, 0.25) is 0 Å². The average molecular weight is 240 g/mol. The summed E-state index contributed by atoms with van der Waals surface area (Å²) in [5.74, 6) is 0. The highest BCUT2D eigenvalue weighted by Crippen LogP contribution is 2.27. The molecule has 2 heteroatoms. The van der Waals surface area contributed by atoms with E-state index in [0.29, 0.717) is 6.42 Å². The molecule has 0 aliphatic carbocycles. The number of thioether (sulfide) groups is 1. The van der Waals surface area contributed by atoms with Crippen molar-refractivity contribution < 1.29 is 4.39 Å². The lowest BCUT2D eigenvalue weighted by atomic mass is 10.1. The summed E-state index contributed by atoms with van der Waals surface area (Å²) in [6, 6.07) is 9.80. The Balaban J connectivity index is 2.09. The molecule has 0 spiro atoms. The summed E-state index contributed by atoms with van der Waals surface area (Å²) in [6.45, 7) is 2.20. The van der Waals surface area contributed by atoms with Gasteiger partial charge in [-0.2, -0.15) is 0 Å². The van der Waals surface area contributed by atoms with E-state index >= 15 is 0 Å². The molecule has 1 aromatic carbocycles. The molecule has 1 aromatic rings. The van der Waals surface area contributed by atoms with Crippen molar-refractivity contribution in [2.45, 2.75) is 55.8 Å². The van der Waals surface area contributed by atoms with Crippen LogP contribution in [0.25, 0.3) is 0 Å². The Morgan fingerprint density at radius 1 is 1.06 bits per heavy atom. The molecule has 0 nitrogen and oxygen atoms in total. The molecule has 0 heterocycles. The van der Waals surface area contributed by atoms with E-state index in [1.807, 2.05) is 30.3 Å². The Morgan fingerprint density at radius 3 is 2.44 bits per heavy atom. The van der Waals surface area contributed by atoms with Gasteiger partial charge in [0.15, 0.2) is 0 Å². The molecule has 16 heavy (non-hydrogen) atoms. The van der Waals surface area contributed by atoms with Crippen molar-refractivity contribution in [1.29, 1.82) is 0 Å². The Morgan fingerprint density at radius 2 is 1.75 bits per heavy atom. The Hall–Kier alpha value is -0.500. The molecule has 1 unspecified atom stereocenters. The van der Waals surface area contributed by atoms with Crippen LogP contribution in [-0.4, -0.2) is 5.50 Å². The number of hydrogen-bond acceptors (Lipinski definition) is 1. The van der Waals surface area contributed by atoms with Gasteiger partial charge in [0.2, 0.25) is 0 Å². The minimum atomic E-state index is -0.746. The first kappa shape index (κ1) is 13.6. The second kappa shape index (κ2) is 8.63. The third-order valence-corrected chi connectivity index (χ3v) is 3.58. The summed E-state index contributed by atoms with van der Waals surface area (Å²) >= 11 is 1.34. The number of rotatable bonds is 8. The summed E-state index contributed by atoms with van der Waals surface area (Å²) in [5.41, 5.74) is -0.746. The van der Waals surface area contributed by atoms with Crippen LogP contribution in [0.5, 0.6) is 0 Å². The smallest absolute Gasteiger partial charge is 0.150 e. The number of unbranched alkanes of at least 4 members (excludes halogenated alkanes) is 4. The average Bonchev–Trinajstić information content (AvgIpc) is 2.30. The van der Waals surface area contributed by atoms with Gasteiger partial charge in [-0.3, -0.25) is 0 Å². The van der Waals surface area contributed by atoms with E-state index in [1.165, 1.54) is 37.4 Å². The van der Waals surface area contributed by atoms with Crippen LogP contribution in [0, 0.1) is 0 Å². The largest absolute Gasteiger partial charge is 0.235 e. The molecule has 90 valence electrons. The maximum atomic E-state index is 13.6. The lowest BCUT2D eigenvalue weighted by Gasteiger charge is -2.07. The fraction of sp³-hybridized carbons (Fsp3) is 0.571. The topological polar surface area (TPSA) is 0 Å². The maximum Gasteiger partial charge on any atom is 0.150 e. The highest BCUT2D eigenvalue weighted by atomic mass is 32.2. The molecule has 1 atom stereocenters. The van der Waals surface area contributed by atoms with E-state index in [0.717, 1.165) is 11.3 Å². The van der Waals surface area contributed by atoms with Crippen LogP contribution in [0.15, 0.2) is 35.2 Å². The minimum Gasteiger partial charge on any atom is -0.235 e. The number of hydrogen-bond donors (Lipinski definition) is 0. The molecule has 0 aliphatic heterocycles. The van der Waals surface area contributed by atoms with Crippen molar-refractivity contribution in [3.63, 3.8) is 0 Å². The van der Waals surface area contributed by atoms with Crippen molar-refractivity contribution in [1.82, 2.24) is 0 Å². The zero-order valence-electron chi connectivity index (χ0n) is 9.99. The SMILES string of the molecule is CCCCCCCC(F)Sc1ccccc1. The van der Waals surface area contributed by atoms with E-state index in [1.54, 1.807) is 0 Å². The first-order chi connectivity index (χ1) is 7.83. The zero-order valence-corrected chi connectivity index (χ0v) is 10.8. The van der Waals surface area contributed by atoms with Crippen LogP contribution >= 0.6 is 11.8 Å². The van der Waals surface area contributed by atoms with Crippen molar-refractivity contribution in [3.8, 4) is 0 Å². The lowest BCUT2D eigenvalue weighted by Crippen LogP contribution is -1.93. The van der Waals surface area contributed by atoms with Crippen molar-refractivity contribution in [3.05, 3.63) is 30.3 Å². The summed E-state index contributed by atoms with van der Waals surface area (Å²) in [4.78, 5) is 1.03. The van der Waals surface area contributed by atoms with Gasteiger partial charge in [-0.15, -0.1) is 0 Å². The molecule has 0 aromatic heterocycles. The van der Waals surface area contributed by atoms with Crippen LogP contribution in [0.4, 0.5) is 4.39 Å². The molecule has 0 N–H and O–H groups in total. The Bertz CT molecular complexity index is 261. The second-order valence-electron chi connectivity index (χ2n) is 4.04. The third-order valence-electron chi connectivity index (χ3n) is 2.54. The van der Waals surface area contributed by atoms with Crippen LogP contribution < -0.4 is 0 Å². The molecule has 0 aliphatic rings. The predicted octanol–water partition coefficient (Wildman–Crippen LogP) is 5.43. The second-order valence-corrected chi connectivity index (χ2v) is 5.26. The molecule has 0 radical (unpaired) electrons. The molecular weight excluding hydrogens is 219 g/mol. The standard InChI is InChI=1S/C14H21FS/c1-2-3-4-5-9-12-14(15)16-13-10-7-6-8-11-13/h6-8,10-11,14H,2-5,9,12H2,1H3. The van der Waals surface area contributed by atoms with Crippen molar-refractivity contribution in [2.75, 3.05) is 0 Å². The van der Waals surface area contributed by atoms with Gasteiger partial charge in [0.25, 0.3) is 0 Å². The molecule has 1 rings (SSSR count). The van der Waals surface area contributed by atoms with Crippen molar-refractivity contribution in [2.24, 2.45) is 0 Å². The summed E-state index contributed by atoms with van der Waals surface area (Å²) < 4.78 is 13.6. The van der Waals surface area contributed by atoms with Gasteiger partial charge in [-0.25, -0.2) is 4.39 Å². The fourth-order valence-electron chi connectivity index (χ4n) is 1.61. The van der Waals surface area contributed by atoms with Gasteiger partial charge in [0.05, 0.1) is 0 Å². The van der Waals surface area contributed by atoms with E-state index in [-0.39, 0.29) is 0 Å². The highest BCUT2D eigenvalue weighted by Gasteiger charge is 2.07. The fourth-order valence-corrected chi connectivity index (χ4v) is 2.51. The van der Waals surface area contributed by atoms with E-state index in [9.17, 15) is 4.39 Å². The van der Waals surface area contributed by atoms with E-state index in [2.05, 4.69) is 6.92 Å². The number of alkyl halides is 1. The Kier molecular flexibility index (Phi) is 7.32. The van der Waals surface area contributed by atoms with Gasteiger partial charge >= 0.3 is 0 Å². The zero-order chi connectivity index (χ0) is 11.6. The van der Waals surface area contributed by atoms with Crippen LogP contribution in [-0.2, 0) is 0 Å². The van der Waals surface area contributed by atoms with Gasteiger partial charge in [-0.1, -0.05) is 62.6 Å². The highest BCUT2D eigenvalue weighted by molar-refractivity contribution is 7.99. The molecule has 0 amide bonds. The summed E-state index contributed by atoms with van der Waals surface area (Å²) in [5, 5.41) is 0. The molecule has 0 bridgehead atoms. The van der Waals surface area contributed by atoms with E-state index < -0.39 is 5.50 Å². The van der Waals surface area contributed by atoms with E-state index in [4.69, 9.17) is 0 Å². The van der Waals surface area contributed by atoms with Gasteiger partial charge in [-0.05, 0) is 25.0 Å². The monoisotopic (exact) mass is 240 g/mol. The summed E-state index contributed by atoms with van der Waals surface area (Å²) in [7, 11) is 0. The summed E-state index contributed by atoms with van der Waals surface area (Å²) in [6.07, 6.45) is 6.65. The predicted molar refractivity (Wildman–Crippen MR) is 70.6 cm³/mol. The lowest BCUT2D eigenvalue weighted by molar-refractivity contribution is 0.412.